The number of nitrogens with zero attached hydrogens (tertiary/aromatic N) is 1. The Morgan fingerprint density at radius 2 is 1.67 bits per heavy atom. The first kappa shape index (κ1) is 18.7. The molecule has 1 unspecified atom stereocenters. The Morgan fingerprint density at radius 3 is 2.33 bits per heavy atom. The Hall–Kier alpha value is -0.366. The molecule has 0 aliphatic rings. The Labute approximate surface area is 144 Å². The van der Waals surface area contributed by atoms with Crippen LogP contribution >= 0.6 is 17.9 Å². The van der Waals surface area contributed by atoms with Crippen molar-refractivity contribution in [2.45, 2.75) is 20.4 Å². The van der Waals surface area contributed by atoms with Crippen LogP contribution in [0, 0.1) is 13.8 Å². The molecule has 2 aromatic carbocycles. The normalized spacial score (nSPS) is 10.4. The molecule has 1 N–H and O–H groups in total. The molecule has 0 aromatic heterocycles. The van der Waals surface area contributed by atoms with Gasteiger partial charge in [-0.3, -0.25) is 0 Å². The zero-order valence-corrected chi connectivity index (χ0v) is 15.8. The van der Waals surface area contributed by atoms with Crippen molar-refractivity contribution in [1.82, 2.24) is 0 Å². The van der Waals surface area contributed by atoms with Gasteiger partial charge in [0.15, 0.2) is 0 Å². The number of hydrogen-bond donors (Lipinski definition) is 1. The van der Waals surface area contributed by atoms with Gasteiger partial charge in [-0.05, 0) is 31.3 Å². The van der Waals surface area contributed by atoms with Gasteiger partial charge in [0.2, 0.25) is 0 Å². The van der Waals surface area contributed by atoms with E-state index >= 15 is 0 Å². The fourth-order valence-electron chi connectivity index (χ4n) is 2.04. The van der Waals surface area contributed by atoms with Gasteiger partial charge in [0, 0.05) is 5.30 Å². The summed E-state index contributed by atoms with van der Waals surface area (Å²) >= 11 is 1.47. The van der Waals surface area contributed by atoms with Crippen molar-refractivity contribution >= 4 is 28.5 Å². The number of aromatic hydroxyl groups is 1. The predicted molar refractivity (Wildman–Crippen MR) is 90.4 cm³/mol. The molecule has 5 heteroatoms. The molecule has 21 heavy (non-hydrogen) atoms. The standard InChI is InChI=1S/C16H19NOP.ClH.Ti/c1-11-5-7-15(13(8-11)10-17-3)19-16-9-12(2)4-6-14(16)18;;/h4-9,18-19H,10H2,1-3H3;1H;/q-1;;+2/p-1. The van der Waals surface area contributed by atoms with Crippen LogP contribution < -0.4 is 10.6 Å². The SMILES string of the molecule is C[N-]Cc1cc(C)ccc1Pc1cc(C)ccc1O.[Cl][Ti+]. The van der Waals surface area contributed by atoms with Crippen molar-refractivity contribution in [3.63, 3.8) is 0 Å². The summed E-state index contributed by atoms with van der Waals surface area (Å²) in [5.41, 5.74) is 3.68. The van der Waals surface area contributed by atoms with Crippen LogP contribution in [-0.4, -0.2) is 12.2 Å². The molecule has 0 saturated heterocycles. The molecule has 110 valence electrons. The molecule has 2 aromatic rings. The van der Waals surface area contributed by atoms with Crippen molar-refractivity contribution in [2.24, 2.45) is 0 Å². The molecule has 0 fully saturated rings. The second-order valence-electron chi connectivity index (χ2n) is 4.78. The van der Waals surface area contributed by atoms with Crippen LogP contribution in [-0.2, 0) is 25.9 Å². The molecule has 1 atom stereocenters. The third-order valence-electron chi connectivity index (χ3n) is 3.01. The van der Waals surface area contributed by atoms with E-state index in [9.17, 15) is 5.11 Å². The first-order valence-corrected chi connectivity index (χ1v) is 9.65. The van der Waals surface area contributed by atoms with Crippen molar-refractivity contribution in [2.75, 3.05) is 7.05 Å². The molecule has 2 nitrogen and oxygen atoms in total. The molecular weight excluding hydrogens is 336 g/mol. The summed E-state index contributed by atoms with van der Waals surface area (Å²) < 4.78 is 0. The molecule has 0 bridgehead atoms. The number of halogens is 1. The molecular formula is C16H19ClNOPTi. The summed E-state index contributed by atoms with van der Waals surface area (Å²) in [5.74, 6) is 0.379. The summed E-state index contributed by atoms with van der Waals surface area (Å²) in [4.78, 5) is 0. The van der Waals surface area contributed by atoms with E-state index < -0.39 is 0 Å². The summed E-state index contributed by atoms with van der Waals surface area (Å²) in [6.07, 6.45) is 0. The van der Waals surface area contributed by atoms with Crippen LogP contribution in [0.1, 0.15) is 16.7 Å². The fraction of sp³-hybridized carbons (Fsp3) is 0.250. The van der Waals surface area contributed by atoms with Crippen molar-refractivity contribution in [3.8, 4) is 5.75 Å². The van der Waals surface area contributed by atoms with E-state index in [0.717, 1.165) is 11.8 Å². The maximum absolute atomic E-state index is 9.96. The summed E-state index contributed by atoms with van der Waals surface area (Å²) in [7, 11) is 6.94. The molecule has 0 spiro atoms. The number of phenols is 1. The van der Waals surface area contributed by atoms with Gasteiger partial charge < -0.3 is 10.4 Å². The number of aryl methyl sites for hydroxylation is 2. The van der Waals surface area contributed by atoms with Gasteiger partial charge in [0.1, 0.15) is 5.75 Å². The monoisotopic (exact) mass is 355 g/mol. The average Bonchev–Trinajstić information content (AvgIpc) is 2.48. The average molecular weight is 356 g/mol. The number of rotatable bonds is 4. The van der Waals surface area contributed by atoms with Gasteiger partial charge in [-0.15, -0.1) is 6.54 Å². The number of hydrogen-bond acceptors (Lipinski definition) is 1. The third kappa shape index (κ3) is 5.73. The Morgan fingerprint density at radius 1 is 1.05 bits per heavy atom. The fourth-order valence-corrected chi connectivity index (χ4v) is 3.32. The molecule has 0 amide bonds. The van der Waals surface area contributed by atoms with Crippen LogP contribution in [0.5, 0.6) is 5.75 Å². The molecule has 0 radical (unpaired) electrons. The molecule has 2 rings (SSSR count). The Kier molecular flexibility index (Phi) is 8.55. The van der Waals surface area contributed by atoms with Crippen LogP contribution in [0.4, 0.5) is 0 Å². The van der Waals surface area contributed by atoms with Gasteiger partial charge in [-0.1, -0.05) is 49.5 Å². The summed E-state index contributed by atoms with van der Waals surface area (Å²) in [6.45, 7) is 4.87. The zero-order chi connectivity index (χ0) is 15.8. The van der Waals surface area contributed by atoms with E-state index in [0.29, 0.717) is 14.3 Å². The molecule has 0 saturated carbocycles. The zero-order valence-electron chi connectivity index (χ0n) is 12.4. The minimum absolute atomic E-state index is 0.379. The minimum atomic E-state index is 0.379. The van der Waals surface area contributed by atoms with Gasteiger partial charge in [0.05, 0.1) is 0 Å². The van der Waals surface area contributed by atoms with E-state index in [4.69, 9.17) is 0 Å². The van der Waals surface area contributed by atoms with Gasteiger partial charge in [0.25, 0.3) is 0 Å². The van der Waals surface area contributed by atoms with E-state index in [1.165, 1.54) is 41.4 Å². The van der Waals surface area contributed by atoms with Gasteiger partial charge in [-0.25, -0.2) is 0 Å². The molecule has 0 heterocycles. The summed E-state index contributed by atoms with van der Waals surface area (Å²) in [5, 5.41) is 16.4. The van der Waals surface area contributed by atoms with Gasteiger partial charge >= 0.3 is 28.7 Å². The Balaban J connectivity index is 0.00000106. The quantitative estimate of drug-likeness (QED) is 0.656. The topological polar surface area (TPSA) is 34.3 Å². The second-order valence-corrected chi connectivity index (χ2v) is 6.11. The van der Waals surface area contributed by atoms with Crippen LogP contribution in [0.3, 0.4) is 0 Å². The van der Waals surface area contributed by atoms with Crippen molar-refractivity contribution in [1.29, 1.82) is 0 Å². The first-order valence-electron chi connectivity index (χ1n) is 6.51. The number of phenolic OH excluding ortho intramolecular Hbond substituents is 1. The van der Waals surface area contributed by atoms with E-state index in [1.54, 1.807) is 6.07 Å². The van der Waals surface area contributed by atoms with Crippen LogP contribution in [0.15, 0.2) is 36.4 Å². The van der Waals surface area contributed by atoms with Crippen LogP contribution in [0.25, 0.3) is 5.32 Å². The second kappa shape index (κ2) is 9.61. The summed E-state index contributed by atoms with van der Waals surface area (Å²) in [6, 6.07) is 12.2. The van der Waals surface area contributed by atoms with E-state index in [1.807, 2.05) is 20.0 Å². The molecule has 0 aliphatic heterocycles. The van der Waals surface area contributed by atoms with E-state index in [-0.39, 0.29) is 0 Å². The third-order valence-corrected chi connectivity index (χ3v) is 4.44. The number of benzene rings is 2. The molecule has 0 aliphatic carbocycles. The van der Waals surface area contributed by atoms with Gasteiger partial charge in [-0.2, -0.15) is 7.05 Å². The maximum atomic E-state index is 9.96. The van der Waals surface area contributed by atoms with Crippen molar-refractivity contribution < 1.29 is 24.5 Å². The predicted octanol–water partition coefficient (Wildman–Crippen LogP) is 3.83. The van der Waals surface area contributed by atoms with Crippen LogP contribution in [0.2, 0.25) is 0 Å². The Bertz CT molecular complexity index is 592. The first-order chi connectivity index (χ1) is 10.1. The van der Waals surface area contributed by atoms with E-state index in [2.05, 4.69) is 45.8 Å². The van der Waals surface area contributed by atoms with Crippen molar-refractivity contribution in [3.05, 3.63) is 58.4 Å².